The quantitative estimate of drug-likeness (QED) is 0.216. The van der Waals surface area contributed by atoms with Gasteiger partial charge in [0.2, 0.25) is 0 Å². The molecule has 0 aliphatic heterocycles. The van der Waals surface area contributed by atoms with Gasteiger partial charge in [-0.15, -0.1) is 10.2 Å². The van der Waals surface area contributed by atoms with Crippen LogP contribution in [0.5, 0.6) is 0 Å². The molecule has 2 heterocycles. The summed E-state index contributed by atoms with van der Waals surface area (Å²) in [4.78, 5) is 24.7. The van der Waals surface area contributed by atoms with Gasteiger partial charge in [-0.25, -0.2) is 9.18 Å². The summed E-state index contributed by atoms with van der Waals surface area (Å²) in [7, 11) is 3.09. The second-order valence-electron chi connectivity index (χ2n) is 7.72. The standard InChI is InChI=1S/C25H23FN4O3S/c1-15-13-20(16(2)30(15)18-11-9-17(10-12-18)24(32)33-4)22(31)14-34-25-28-27-23(29(25)3)19-7-5-6-8-21(19)26/h5-13H,14H2,1-4H3. The number of aryl methyl sites for hydroxylation is 1. The van der Waals surface area contributed by atoms with Crippen LogP contribution in [0.15, 0.2) is 59.8 Å². The number of benzene rings is 2. The summed E-state index contributed by atoms with van der Waals surface area (Å²) in [6.07, 6.45) is 0. The predicted molar refractivity (Wildman–Crippen MR) is 128 cm³/mol. The molecule has 0 unspecified atom stereocenters. The molecule has 0 aliphatic carbocycles. The van der Waals surface area contributed by atoms with Crippen LogP contribution in [-0.4, -0.2) is 43.9 Å². The van der Waals surface area contributed by atoms with Gasteiger partial charge in [-0.3, -0.25) is 4.79 Å². The Hall–Kier alpha value is -3.72. The molecule has 0 bridgehead atoms. The number of nitrogens with zero attached hydrogens (tertiary/aromatic N) is 4. The summed E-state index contributed by atoms with van der Waals surface area (Å²) < 4.78 is 22.5. The number of Topliss-reactive ketones (excluding diaryl/α,β-unsaturated/α-hetero) is 1. The number of thioether (sulfide) groups is 1. The molecule has 4 aromatic rings. The third kappa shape index (κ3) is 4.38. The van der Waals surface area contributed by atoms with E-state index in [-0.39, 0.29) is 17.4 Å². The highest BCUT2D eigenvalue weighted by atomic mass is 32.2. The van der Waals surface area contributed by atoms with Gasteiger partial charge in [-0.1, -0.05) is 23.9 Å². The van der Waals surface area contributed by atoms with E-state index in [1.807, 2.05) is 36.6 Å². The van der Waals surface area contributed by atoms with Crippen molar-refractivity contribution in [1.82, 2.24) is 19.3 Å². The topological polar surface area (TPSA) is 79.0 Å². The molecule has 0 saturated heterocycles. The summed E-state index contributed by atoms with van der Waals surface area (Å²) in [5.41, 5.74) is 3.98. The van der Waals surface area contributed by atoms with E-state index in [9.17, 15) is 14.0 Å². The van der Waals surface area contributed by atoms with Crippen LogP contribution in [0.3, 0.4) is 0 Å². The Kier molecular flexibility index (Phi) is 6.65. The number of aromatic nitrogens is 4. The van der Waals surface area contributed by atoms with Crippen molar-refractivity contribution in [3.8, 4) is 17.1 Å². The highest BCUT2D eigenvalue weighted by Gasteiger charge is 2.20. The number of carbonyl (C=O) groups excluding carboxylic acids is 2. The first kappa shape index (κ1) is 23.4. The molecule has 2 aromatic heterocycles. The molecule has 174 valence electrons. The van der Waals surface area contributed by atoms with Crippen LogP contribution in [0.1, 0.15) is 32.1 Å². The summed E-state index contributed by atoms with van der Waals surface area (Å²) in [5, 5.41) is 8.76. The molecule has 0 atom stereocenters. The lowest BCUT2D eigenvalue weighted by Gasteiger charge is -2.10. The molecule has 2 aromatic carbocycles. The highest BCUT2D eigenvalue weighted by molar-refractivity contribution is 7.99. The average molecular weight is 479 g/mol. The first-order chi connectivity index (χ1) is 16.3. The lowest BCUT2D eigenvalue weighted by Crippen LogP contribution is -2.07. The number of ketones is 1. The monoisotopic (exact) mass is 478 g/mol. The highest BCUT2D eigenvalue weighted by Crippen LogP contribution is 2.27. The van der Waals surface area contributed by atoms with Crippen molar-refractivity contribution >= 4 is 23.5 Å². The van der Waals surface area contributed by atoms with E-state index in [0.29, 0.717) is 27.7 Å². The number of esters is 1. The fourth-order valence-electron chi connectivity index (χ4n) is 3.83. The van der Waals surface area contributed by atoms with Crippen molar-refractivity contribution in [1.29, 1.82) is 0 Å². The van der Waals surface area contributed by atoms with Crippen molar-refractivity contribution in [3.63, 3.8) is 0 Å². The van der Waals surface area contributed by atoms with Gasteiger partial charge in [0.05, 0.1) is 24.0 Å². The van der Waals surface area contributed by atoms with Crippen LogP contribution in [0, 0.1) is 19.7 Å². The van der Waals surface area contributed by atoms with Crippen LogP contribution >= 0.6 is 11.8 Å². The molecular weight excluding hydrogens is 455 g/mol. The van der Waals surface area contributed by atoms with Crippen LogP contribution < -0.4 is 0 Å². The zero-order valence-corrected chi connectivity index (χ0v) is 20.0. The summed E-state index contributed by atoms with van der Waals surface area (Å²) in [6.45, 7) is 3.81. The Bertz CT molecular complexity index is 1380. The maximum absolute atomic E-state index is 14.1. The van der Waals surface area contributed by atoms with Gasteiger partial charge in [0.25, 0.3) is 0 Å². The normalized spacial score (nSPS) is 11.0. The Balaban J connectivity index is 1.52. The maximum Gasteiger partial charge on any atom is 0.337 e. The van der Waals surface area contributed by atoms with E-state index in [2.05, 4.69) is 10.2 Å². The van der Waals surface area contributed by atoms with Crippen molar-refractivity contribution in [2.24, 2.45) is 7.05 Å². The van der Waals surface area contributed by atoms with Crippen LogP contribution in [0.25, 0.3) is 17.1 Å². The van der Waals surface area contributed by atoms with Crippen LogP contribution in [-0.2, 0) is 11.8 Å². The number of hydrogen-bond donors (Lipinski definition) is 0. The lowest BCUT2D eigenvalue weighted by molar-refractivity contribution is 0.0600. The summed E-state index contributed by atoms with van der Waals surface area (Å²) in [6, 6.07) is 15.3. The SMILES string of the molecule is COC(=O)c1ccc(-n2c(C)cc(C(=O)CSc3nnc(-c4ccccc4F)n3C)c2C)cc1. The third-order valence-corrected chi connectivity index (χ3v) is 6.58. The van der Waals surface area contributed by atoms with E-state index in [0.717, 1.165) is 17.1 Å². The molecule has 7 nitrogen and oxygen atoms in total. The van der Waals surface area contributed by atoms with Gasteiger partial charge in [0.15, 0.2) is 16.8 Å². The van der Waals surface area contributed by atoms with Crippen molar-refractivity contribution in [2.45, 2.75) is 19.0 Å². The minimum atomic E-state index is -0.401. The summed E-state index contributed by atoms with van der Waals surface area (Å²) in [5.74, 6) is -0.262. The molecule has 0 amide bonds. The molecule has 0 radical (unpaired) electrons. The zero-order chi connectivity index (χ0) is 24.4. The third-order valence-electron chi connectivity index (χ3n) is 5.56. The number of rotatable bonds is 7. The minimum absolute atomic E-state index is 0.0500. The molecule has 4 rings (SSSR count). The fourth-order valence-corrected chi connectivity index (χ4v) is 4.63. The van der Waals surface area contributed by atoms with Crippen molar-refractivity contribution in [2.75, 3.05) is 12.9 Å². The summed E-state index contributed by atoms with van der Waals surface area (Å²) >= 11 is 1.26. The molecule has 0 spiro atoms. The molecule has 0 fully saturated rings. The second kappa shape index (κ2) is 9.64. The van der Waals surface area contributed by atoms with Gasteiger partial charge in [-0.2, -0.15) is 0 Å². The molecule has 34 heavy (non-hydrogen) atoms. The largest absolute Gasteiger partial charge is 0.465 e. The predicted octanol–water partition coefficient (Wildman–Crippen LogP) is 4.79. The lowest BCUT2D eigenvalue weighted by atomic mass is 10.2. The second-order valence-corrected chi connectivity index (χ2v) is 8.66. The van der Waals surface area contributed by atoms with Crippen LogP contribution in [0.4, 0.5) is 4.39 Å². The van der Waals surface area contributed by atoms with E-state index in [4.69, 9.17) is 4.74 Å². The van der Waals surface area contributed by atoms with Crippen LogP contribution in [0.2, 0.25) is 0 Å². The Labute approximate surface area is 200 Å². The van der Waals surface area contributed by atoms with Gasteiger partial charge < -0.3 is 13.9 Å². The smallest absolute Gasteiger partial charge is 0.337 e. The molecular formula is C25H23FN4O3S. The van der Waals surface area contributed by atoms with Gasteiger partial charge in [0, 0.05) is 29.7 Å². The molecule has 0 saturated carbocycles. The van der Waals surface area contributed by atoms with E-state index >= 15 is 0 Å². The number of ether oxygens (including phenoxy) is 1. The Morgan fingerprint density at radius 1 is 1.06 bits per heavy atom. The van der Waals surface area contributed by atoms with E-state index < -0.39 is 5.97 Å². The number of halogens is 1. The minimum Gasteiger partial charge on any atom is -0.465 e. The molecule has 0 N–H and O–H groups in total. The van der Waals surface area contributed by atoms with Crippen molar-refractivity contribution < 1.29 is 18.7 Å². The zero-order valence-electron chi connectivity index (χ0n) is 19.2. The fraction of sp³-hybridized carbons (Fsp3) is 0.200. The number of methoxy groups -OCH3 is 1. The molecule has 0 aliphatic rings. The Morgan fingerprint density at radius 3 is 2.44 bits per heavy atom. The molecule has 9 heteroatoms. The first-order valence-electron chi connectivity index (χ1n) is 10.5. The van der Waals surface area contributed by atoms with E-state index in [1.165, 1.54) is 24.9 Å². The Morgan fingerprint density at radius 2 is 1.76 bits per heavy atom. The maximum atomic E-state index is 14.1. The number of hydrogen-bond acceptors (Lipinski definition) is 6. The van der Waals surface area contributed by atoms with E-state index in [1.54, 1.807) is 41.9 Å². The van der Waals surface area contributed by atoms with Gasteiger partial charge in [0.1, 0.15) is 5.82 Å². The van der Waals surface area contributed by atoms with Gasteiger partial charge >= 0.3 is 5.97 Å². The van der Waals surface area contributed by atoms with Crippen molar-refractivity contribution in [3.05, 3.63) is 82.9 Å². The van der Waals surface area contributed by atoms with Gasteiger partial charge in [-0.05, 0) is 56.3 Å². The first-order valence-corrected chi connectivity index (χ1v) is 11.5. The number of carbonyl (C=O) groups is 2. The average Bonchev–Trinajstić information content (AvgIpc) is 3.35.